The van der Waals surface area contributed by atoms with E-state index < -0.39 is 11.6 Å². The van der Waals surface area contributed by atoms with Gasteiger partial charge in [0.1, 0.15) is 5.01 Å². The Labute approximate surface area is 180 Å². The van der Waals surface area contributed by atoms with Gasteiger partial charge in [0.2, 0.25) is 0 Å². The fourth-order valence-corrected chi connectivity index (χ4v) is 5.05. The molecule has 142 valence electrons. The third-order valence-electron chi connectivity index (χ3n) is 4.98. The summed E-state index contributed by atoms with van der Waals surface area (Å²) in [6, 6.07) is 15.2. The molecule has 4 nitrogen and oxygen atoms in total. The van der Waals surface area contributed by atoms with Crippen molar-refractivity contribution in [3.8, 4) is 11.3 Å². The fraction of sp³-hybridized carbons (Fsp3) is 0.0455. The van der Waals surface area contributed by atoms with E-state index in [0.29, 0.717) is 5.01 Å². The van der Waals surface area contributed by atoms with Crippen LogP contribution in [0.3, 0.4) is 0 Å². The standard InChI is InChI=1S/C22H12Cl2N2O2S/c1-26-15(11-5-3-2-4-6-11)10-16-22(26)25-17(29-16)9-12-20(27)18-13(23)7-8-14(24)19(18)21(12)28/h2-10H,1H3. The lowest BCUT2D eigenvalue weighted by Gasteiger charge is -2.02. The predicted octanol–water partition coefficient (Wildman–Crippen LogP) is 6.07. The molecule has 2 aromatic heterocycles. The Balaban J connectivity index is 1.58. The fourth-order valence-electron chi connectivity index (χ4n) is 3.58. The summed E-state index contributed by atoms with van der Waals surface area (Å²) in [6.45, 7) is 0. The van der Waals surface area contributed by atoms with Crippen molar-refractivity contribution in [2.24, 2.45) is 7.05 Å². The number of Topliss-reactive ketones (excluding diaryl/α,β-unsaturated/α-hetero) is 2. The van der Waals surface area contributed by atoms with Gasteiger partial charge in [0, 0.05) is 7.05 Å². The minimum Gasteiger partial charge on any atom is -0.328 e. The number of thiazole rings is 1. The molecule has 1 aliphatic carbocycles. The van der Waals surface area contributed by atoms with Crippen molar-refractivity contribution in [1.82, 2.24) is 9.55 Å². The normalized spacial score (nSPS) is 13.4. The Kier molecular flexibility index (Phi) is 4.21. The van der Waals surface area contributed by atoms with E-state index >= 15 is 0 Å². The molecule has 0 fully saturated rings. The third kappa shape index (κ3) is 2.77. The number of carbonyl (C=O) groups is 2. The second-order valence-electron chi connectivity index (χ2n) is 6.69. The highest BCUT2D eigenvalue weighted by Gasteiger charge is 2.37. The third-order valence-corrected chi connectivity index (χ3v) is 6.55. The van der Waals surface area contributed by atoms with Crippen LogP contribution in [0.15, 0.2) is 54.1 Å². The maximum Gasteiger partial charge on any atom is 0.199 e. The lowest BCUT2D eigenvalue weighted by molar-refractivity contribution is 0.0990. The molecule has 7 heteroatoms. The van der Waals surface area contributed by atoms with Crippen LogP contribution in [-0.2, 0) is 7.05 Å². The zero-order valence-corrected chi connectivity index (χ0v) is 17.4. The van der Waals surface area contributed by atoms with Gasteiger partial charge < -0.3 is 4.57 Å². The van der Waals surface area contributed by atoms with Gasteiger partial charge in [0.15, 0.2) is 17.2 Å². The van der Waals surface area contributed by atoms with Gasteiger partial charge in [-0.3, -0.25) is 9.59 Å². The van der Waals surface area contributed by atoms with Gasteiger partial charge in [-0.2, -0.15) is 0 Å². The molecule has 0 unspecified atom stereocenters. The number of carbonyl (C=O) groups excluding carboxylic acids is 2. The Hall–Kier alpha value is -2.73. The summed E-state index contributed by atoms with van der Waals surface area (Å²) in [4.78, 5) is 30.2. The summed E-state index contributed by atoms with van der Waals surface area (Å²) < 4.78 is 2.98. The van der Waals surface area contributed by atoms with Crippen LogP contribution in [-0.4, -0.2) is 21.1 Å². The molecule has 29 heavy (non-hydrogen) atoms. The molecule has 0 atom stereocenters. The van der Waals surface area contributed by atoms with Crippen molar-refractivity contribution in [3.63, 3.8) is 0 Å². The van der Waals surface area contributed by atoms with E-state index in [4.69, 9.17) is 23.2 Å². The second-order valence-corrected chi connectivity index (χ2v) is 8.57. The number of nitrogens with zero attached hydrogens (tertiary/aromatic N) is 2. The van der Waals surface area contributed by atoms with Crippen molar-refractivity contribution in [1.29, 1.82) is 0 Å². The molecule has 0 N–H and O–H groups in total. The topological polar surface area (TPSA) is 52.0 Å². The highest BCUT2D eigenvalue weighted by atomic mass is 35.5. The van der Waals surface area contributed by atoms with Gasteiger partial charge in [-0.1, -0.05) is 53.5 Å². The van der Waals surface area contributed by atoms with Crippen molar-refractivity contribution in [2.45, 2.75) is 0 Å². The van der Waals surface area contributed by atoms with Crippen LogP contribution in [0.2, 0.25) is 10.0 Å². The number of ketones is 2. The number of rotatable bonds is 2. The summed E-state index contributed by atoms with van der Waals surface area (Å²) in [5.41, 5.74) is 3.33. The second kappa shape index (κ2) is 6.66. The van der Waals surface area contributed by atoms with E-state index in [1.54, 1.807) is 0 Å². The summed E-state index contributed by atoms with van der Waals surface area (Å²) in [6.07, 6.45) is 1.53. The number of allylic oxidation sites excluding steroid dienone is 1. The highest BCUT2D eigenvalue weighted by Crippen LogP contribution is 2.38. The Bertz CT molecular complexity index is 1320. The van der Waals surface area contributed by atoms with E-state index in [2.05, 4.69) is 11.1 Å². The van der Waals surface area contributed by atoms with Crippen molar-refractivity contribution < 1.29 is 9.59 Å². The number of benzene rings is 2. The maximum absolute atomic E-state index is 12.8. The first kappa shape index (κ1) is 18.3. The molecule has 0 bridgehead atoms. The first-order chi connectivity index (χ1) is 14.0. The minimum absolute atomic E-state index is 0.0392. The first-order valence-electron chi connectivity index (χ1n) is 8.76. The van der Waals surface area contributed by atoms with Gasteiger partial charge >= 0.3 is 0 Å². The largest absolute Gasteiger partial charge is 0.328 e. The lowest BCUT2D eigenvalue weighted by atomic mass is 10.1. The van der Waals surface area contributed by atoms with Gasteiger partial charge in [0.25, 0.3) is 0 Å². The van der Waals surface area contributed by atoms with Crippen LogP contribution in [0.1, 0.15) is 25.7 Å². The van der Waals surface area contributed by atoms with E-state index in [0.717, 1.165) is 21.6 Å². The van der Waals surface area contributed by atoms with Crippen molar-refractivity contribution >= 4 is 62.5 Å². The summed E-state index contributed by atoms with van der Waals surface area (Å²) in [7, 11) is 1.95. The smallest absolute Gasteiger partial charge is 0.199 e. The molecule has 0 radical (unpaired) electrons. The Morgan fingerprint density at radius 3 is 2.17 bits per heavy atom. The number of aryl methyl sites for hydroxylation is 1. The van der Waals surface area contributed by atoms with Gasteiger partial charge in [-0.25, -0.2) is 4.98 Å². The van der Waals surface area contributed by atoms with Crippen molar-refractivity contribution in [3.05, 3.63) is 80.3 Å². The first-order valence-corrected chi connectivity index (χ1v) is 10.3. The summed E-state index contributed by atoms with van der Waals surface area (Å²) in [5.74, 6) is -0.830. The van der Waals surface area contributed by atoms with Crippen LogP contribution in [0.5, 0.6) is 0 Å². The Morgan fingerprint density at radius 1 is 0.966 bits per heavy atom. The number of aromatic nitrogens is 2. The molecule has 5 rings (SSSR count). The Morgan fingerprint density at radius 2 is 1.59 bits per heavy atom. The molecule has 4 aromatic rings. The summed E-state index contributed by atoms with van der Waals surface area (Å²) in [5, 5.41) is 1.04. The van der Waals surface area contributed by atoms with Crippen LogP contribution in [0.4, 0.5) is 0 Å². The molecule has 0 saturated heterocycles. The quantitative estimate of drug-likeness (QED) is 0.281. The number of fused-ring (bicyclic) bond motifs is 2. The van der Waals surface area contributed by atoms with Crippen LogP contribution in [0, 0.1) is 0 Å². The van der Waals surface area contributed by atoms with Crippen LogP contribution >= 0.6 is 34.5 Å². The van der Waals surface area contributed by atoms with Crippen molar-refractivity contribution in [2.75, 3.05) is 0 Å². The van der Waals surface area contributed by atoms with Gasteiger partial charge in [-0.15, -0.1) is 11.3 Å². The molecule has 0 saturated carbocycles. The minimum atomic E-state index is -0.415. The molecular weight excluding hydrogens is 427 g/mol. The molecule has 2 aromatic carbocycles. The average molecular weight is 439 g/mol. The zero-order valence-electron chi connectivity index (χ0n) is 15.1. The zero-order chi connectivity index (χ0) is 20.3. The molecule has 1 aliphatic rings. The average Bonchev–Trinajstić information content (AvgIpc) is 3.33. The summed E-state index contributed by atoms with van der Waals surface area (Å²) >= 11 is 13.7. The number of hydrogen-bond donors (Lipinski definition) is 0. The van der Waals surface area contributed by atoms with Crippen LogP contribution < -0.4 is 0 Å². The molecule has 0 aliphatic heterocycles. The number of halogens is 2. The van der Waals surface area contributed by atoms with Crippen LogP contribution in [0.25, 0.3) is 27.7 Å². The monoisotopic (exact) mass is 438 g/mol. The van der Waals surface area contributed by atoms with E-state index in [1.165, 1.54) is 29.5 Å². The highest BCUT2D eigenvalue weighted by molar-refractivity contribution is 7.19. The molecule has 0 amide bonds. The van der Waals surface area contributed by atoms with E-state index in [9.17, 15) is 9.59 Å². The molecular formula is C22H12Cl2N2O2S. The SMILES string of the molecule is Cn1c(-c2ccccc2)cc2sc(C=C3C(=O)c4c(Cl)ccc(Cl)c4C3=O)nc21. The molecule has 0 spiro atoms. The molecule has 2 heterocycles. The maximum atomic E-state index is 12.8. The van der Waals surface area contributed by atoms with E-state index in [-0.39, 0.29) is 26.7 Å². The van der Waals surface area contributed by atoms with Gasteiger partial charge in [-0.05, 0) is 29.8 Å². The predicted molar refractivity (Wildman–Crippen MR) is 117 cm³/mol. The lowest BCUT2D eigenvalue weighted by Crippen LogP contribution is -2.00. The van der Waals surface area contributed by atoms with E-state index in [1.807, 2.05) is 41.9 Å². The van der Waals surface area contributed by atoms with Gasteiger partial charge in [0.05, 0.1) is 37.1 Å². The number of hydrogen-bond acceptors (Lipinski definition) is 4.